The second-order valence-electron chi connectivity index (χ2n) is 7.40. The van der Waals surface area contributed by atoms with Crippen molar-refractivity contribution in [1.82, 2.24) is 15.2 Å². The zero-order valence-electron chi connectivity index (χ0n) is 14.0. The number of piperidine rings is 2. The number of nitrogens with one attached hydrogen (secondary N) is 2. The lowest BCUT2D eigenvalue weighted by Gasteiger charge is -2.49. The molecule has 136 valence electrons. The van der Waals surface area contributed by atoms with Crippen LogP contribution in [0.3, 0.4) is 0 Å². The number of anilines is 1. The molecule has 8 heteroatoms. The van der Waals surface area contributed by atoms with E-state index in [0.717, 1.165) is 6.42 Å². The molecule has 0 spiro atoms. The van der Waals surface area contributed by atoms with Crippen LogP contribution in [0.2, 0.25) is 0 Å². The zero-order valence-corrected chi connectivity index (χ0v) is 14.0. The van der Waals surface area contributed by atoms with Gasteiger partial charge in [0, 0.05) is 54.8 Å². The van der Waals surface area contributed by atoms with E-state index in [1.54, 1.807) is 16.8 Å². The highest BCUT2D eigenvalue weighted by Crippen LogP contribution is 2.34. The Labute approximate surface area is 148 Å². The monoisotopic (exact) mass is 360 g/mol. The highest BCUT2D eigenvalue weighted by atomic mass is 19.2. The Hall–Kier alpha value is -2.48. The van der Waals surface area contributed by atoms with Gasteiger partial charge < -0.3 is 14.8 Å². The number of fused-ring (bicyclic) bond motifs is 3. The normalized spacial score (nSPS) is 28.2. The maximum atomic E-state index is 14.7. The summed E-state index contributed by atoms with van der Waals surface area (Å²) in [4.78, 5) is 25.2. The van der Waals surface area contributed by atoms with Crippen molar-refractivity contribution in [3.05, 3.63) is 30.1 Å². The van der Waals surface area contributed by atoms with E-state index in [1.165, 1.54) is 6.20 Å². The Balaban J connectivity index is 1.53. The largest absolute Gasteiger partial charge is 0.366 e. The van der Waals surface area contributed by atoms with Crippen molar-refractivity contribution >= 4 is 28.3 Å². The highest BCUT2D eigenvalue weighted by molar-refractivity contribution is 6.00. The number of imide groups is 1. The van der Waals surface area contributed by atoms with Crippen molar-refractivity contribution in [2.45, 2.75) is 37.4 Å². The van der Waals surface area contributed by atoms with Gasteiger partial charge in [-0.1, -0.05) is 0 Å². The van der Waals surface area contributed by atoms with Crippen LogP contribution in [0.5, 0.6) is 0 Å². The van der Waals surface area contributed by atoms with Crippen LogP contribution in [0.25, 0.3) is 10.8 Å². The van der Waals surface area contributed by atoms with Gasteiger partial charge in [0.25, 0.3) is 0 Å². The molecular weight excluding hydrogens is 342 g/mol. The van der Waals surface area contributed by atoms with E-state index >= 15 is 0 Å². The molecule has 3 atom stereocenters. The van der Waals surface area contributed by atoms with Gasteiger partial charge in [-0.25, -0.2) is 8.78 Å². The van der Waals surface area contributed by atoms with Gasteiger partial charge in [0.05, 0.1) is 5.69 Å². The Morgan fingerprint density at radius 1 is 1.08 bits per heavy atom. The van der Waals surface area contributed by atoms with E-state index in [2.05, 4.69) is 10.6 Å². The summed E-state index contributed by atoms with van der Waals surface area (Å²) in [5, 5.41) is 6.36. The van der Waals surface area contributed by atoms with Gasteiger partial charge in [0.1, 0.15) is 6.04 Å². The summed E-state index contributed by atoms with van der Waals surface area (Å²) in [6, 6.07) is 1.73. The summed E-state index contributed by atoms with van der Waals surface area (Å²) in [7, 11) is 0. The van der Waals surface area contributed by atoms with Crippen molar-refractivity contribution in [2.75, 3.05) is 18.0 Å². The molecule has 1 aromatic heterocycles. The van der Waals surface area contributed by atoms with Crippen LogP contribution in [0.4, 0.5) is 14.5 Å². The molecule has 2 amide bonds. The summed E-state index contributed by atoms with van der Waals surface area (Å²) in [6.07, 6.45) is 4.77. The number of aromatic nitrogens is 1. The molecule has 2 N–H and O–H groups in total. The second kappa shape index (κ2) is 5.51. The lowest BCUT2D eigenvalue weighted by Crippen LogP contribution is -2.67. The predicted molar refractivity (Wildman–Crippen MR) is 90.8 cm³/mol. The first kappa shape index (κ1) is 15.7. The first-order valence-corrected chi connectivity index (χ1v) is 8.83. The molecule has 3 unspecified atom stereocenters. The molecule has 2 aromatic rings. The van der Waals surface area contributed by atoms with Crippen LogP contribution in [0, 0.1) is 11.6 Å². The molecule has 2 bridgehead atoms. The third kappa shape index (κ3) is 2.32. The number of carbonyl (C=O) groups excluding carboxylic acids is 2. The molecule has 0 aliphatic carbocycles. The van der Waals surface area contributed by atoms with Gasteiger partial charge in [-0.05, 0) is 18.9 Å². The number of halogens is 2. The van der Waals surface area contributed by atoms with Gasteiger partial charge in [-0.3, -0.25) is 14.9 Å². The van der Waals surface area contributed by atoms with Crippen LogP contribution in [0.15, 0.2) is 18.5 Å². The van der Waals surface area contributed by atoms with Gasteiger partial charge >= 0.3 is 0 Å². The fourth-order valence-electron chi connectivity index (χ4n) is 4.32. The highest BCUT2D eigenvalue weighted by Gasteiger charge is 2.38. The number of amides is 2. The molecule has 4 aliphatic heterocycles. The minimum atomic E-state index is -0.893. The molecule has 0 radical (unpaired) electrons. The Kier molecular flexibility index (Phi) is 3.34. The molecule has 26 heavy (non-hydrogen) atoms. The van der Waals surface area contributed by atoms with E-state index < -0.39 is 23.6 Å². The van der Waals surface area contributed by atoms with Crippen molar-refractivity contribution in [3.8, 4) is 0 Å². The number of hydrogen-bond donors (Lipinski definition) is 2. The standard InChI is InChI=1S/C18H18F2N4O2/c19-16-12-8-23(13-1-2-15(25)22-18(13)26)5-9(12)3-14(17(16)20)24-6-10-4-11(7-24)21-10/h3,5,8,10-11,13,21H,1-2,4,6-7H2,(H,22,25,26). The summed E-state index contributed by atoms with van der Waals surface area (Å²) >= 11 is 0. The van der Waals surface area contributed by atoms with Gasteiger partial charge in [0.15, 0.2) is 11.6 Å². The third-order valence-corrected chi connectivity index (χ3v) is 5.66. The molecule has 6 rings (SSSR count). The molecule has 4 aliphatic rings. The first-order valence-electron chi connectivity index (χ1n) is 8.83. The summed E-state index contributed by atoms with van der Waals surface area (Å²) in [5.74, 6) is -2.46. The van der Waals surface area contributed by atoms with Crippen LogP contribution in [-0.4, -0.2) is 41.6 Å². The fourth-order valence-corrected chi connectivity index (χ4v) is 4.32. The smallest absolute Gasteiger partial charge is 0.249 e. The Bertz CT molecular complexity index is 925. The molecule has 6 nitrogen and oxygen atoms in total. The SMILES string of the molecule is O=C1CCC(n2cc3cc(N4CC5CC(C4)N5)c(F)c(F)c3c2)C(=O)N1. The lowest BCUT2D eigenvalue weighted by molar-refractivity contribution is -0.135. The maximum Gasteiger partial charge on any atom is 0.249 e. The number of rotatable bonds is 2. The second-order valence-corrected chi connectivity index (χ2v) is 7.40. The van der Waals surface area contributed by atoms with E-state index in [1.807, 2.05) is 4.90 Å². The minimum absolute atomic E-state index is 0.149. The van der Waals surface area contributed by atoms with Crippen molar-refractivity contribution < 1.29 is 18.4 Å². The molecule has 4 saturated heterocycles. The number of piperazine rings is 1. The lowest BCUT2D eigenvalue weighted by atomic mass is 9.91. The van der Waals surface area contributed by atoms with Crippen molar-refractivity contribution in [3.63, 3.8) is 0 Å². The van der Waals surface area contributed by atoms with E-state index in [-0.39, 0.29) is 23.4 Å². The van der Waals surface area contributed by atoms with Crippen molar-refractivity contribution in [2.24, 2.45) is 0 Å². The summed E-state index contributed by atoms with van der Waals surface area (Å²) < 4.78 is 30.9. The van der Waals surface area contributed by atoms with Crippen LogP contribution >= 0.6 is 0 Å². The molecular formula is C18H18F2N4O2. The quantitative estimate of drug-likeness (QED) is 0.796. The van der Waals surface area contributed by atoms with E-state index in [4.69, 9.17) is 0 Å². The van der Waals surface area contributed by atoms with Gasteiger partial charge in [-0.2, -0.15) is 0 Å². The van der Waals surface area contributed by atoms with E-state index in [9.17, 15) is 18.4 Å². The average molecular weight is 360 g/mol. The van der Waals surface area contributed by atoms with Crippen molar-refractivity contribution in [1.29, 1.82) is 0 Å². The maximum absolute atomic E-state index is 14.7. The van der Waals surface area contributed by atoms with Gasteiger partial charge in [0.2, 0.25) is 11.8 Å². The summed E-state index contributed by atoms with van der Waals surface area (Å²) in [5.41, 5.74) is 0.271. The van der Waals surface area contributed by atoms with Gasteiger partial charge in [-0.15, -0.1) is 0 Å². The topological polar surface area (TPSA) is 66.4 Å². The zero-order chi connectivity index (χ0) is 18.0. The predicted octanol–water partition coefficient (Wildman–Crippen LogP) is 1.45. The first-order chi connectivity index (χ1) is 12.5. The Morgan fingerprint density at radius 3 is 2.50 bits per heavy atom. The number of nitrogens with zero attached hydrogens (tertiary/aromatic N) is 2. The number of benzene rings is 1. The Morgan fingerprint density at radius 2 is 1.81 bits per heavy atom. The third-order valence-electron chi connectivity index (χ3n) is 5.66. The molecule has 5 heterocycles. The average Bonchev–Trinajstić information content (AvgIpc) is 3.01. The summed E-state index contributed by atoms with van der Waals surface area (Å²) in [6.45, 7) is 1.32. The number of carbonyl (C=O) groups is 2. The molecule has 1 aromatic carbocycles. The fraction of sp³-hybridized carbons (Fsp3) is 0.444. The van der Waals surface area contributed by atoms with Crippen LogP contribution in [0.1, 0.15) is 25.3 Å². The molecule has 4 fully saturated rings. The minimum Gasteiger partial charge on any atom is -0.366 e. The van der Waals surface area contributed by atoms with Crippen LogP contribution < -0.4 is 15.5 Å². The molecule has 0 saturated carbocycles. The number of hydrogen-bond acceptors (Lipinski definition) is 4. The van der Waals surface area contributed by atoms with Crippen LogP contribution in [-0.2, 0) is 9.59 Å². The van der Waals surface area contributed by atoms with E-state index in [0.29, 0.717) is 37.0 Å².